The van der Waals surface area contributed by atoms with Crippen LogP contribution in [0.3, 0.4) is 0 Å². The van der Waals surface area contributed by atoms with Gasteiger partial charge in [-0.05, 0) is 42.6 Å². The van der Waals surface area contributed by atoms with Gasteiger partial charge in [-0.15, -0.1) is 0 Å². The fraction of sp³-hybridized carbons (Fsp3) is 0.462. The van der Waals surface area contributed by atoms with E-state index in [0.717, 1.165) is 36.4 Å². The summed E-state index contributed by atoms with van der Waals surface area (Å²) >= 11 is 1.16. The number of benzene rings is 1. The van der Waals surface area contributed by atoms with E-state index in [4.69, 9.17) is 9.92 Å². The first-order chi connectivity index (χ1) is 8.72. The van der Waals surface area contributed by atoms with Crippen LogP contribution in [0.25, 0.3) is 0 Å². The molecule has 1 aromatic carbocycles. The molecule has 1 aliphatic rings. The fourth-order valence-electron chi connectivity index (χ4n) is 2.22. The summed E-state index contributed by atoms with van der Waals surface area (Å²) in [6, 6.07) is 7.89. The average molecular weight is 266 g/mol. The zero-order valence-corrected chi connectivity index (χ0v) is 11.3. The molecule has 2 rings (SSSR count). The largest absolute Gasteiger partial charge is 0.372 e. The zero-order chi connectivity index (χ0) is 13.0. The van der Waals surface area contributed by atoms with Crippen LogP contribution < -0.4 is 10.6 Å². The molecule has 1 fully saturated rings. The first-order valence-corrected chi connectivity index (χ1v) is 7.21. The van der Waals surface area contributed by atoms with Crippen LogP contribution in [0.4, 0.5) is 5.69 Å². The van der Waals surface area contributed by atoms with Crippen molar-refractivity contribution in [3.63, 3.8) is 0 Å². The molecule has 18 heavy (non-hydrogen) atoms. The Labute approximate surface area is 112 Å². The van der Waals surface area contributed by atoms with Crippen molar-refractivity contribution in [2.45, 2.75) is 18.9 Å². The summed E-state index contributed by atoms with van der Waals surface area (Å²) in [6.07, 6.45) is 3.55. The second-order valence-electron chi connectivity index (χ2n) is 4.33. The van der Waals surface area contributed by atoms with E-state index < -0.39 is 12.0 Å². The zero-order valence-electron chi connectivity index (χ0n) is 10.5. The Morgan fingerprint density at radius 2 is 2.17 bits per heavy atom. The molecule has 1 saturated heterocycles. The average Bonchev–Trinajstić information content (AvgIpc) is 2.89. The van der Waals surface area contributed by atoms with Crippen LogP contribution in [0.15, 0.2) is 24.3 Å². The van der Waals surface area contributed by atoms with Crippen molar-refractivity contribution < 1.29 is 8.98 Å². The molecule has 1 amide bonds. The second kappa shape index (κ2) is 6.11. The lowest BCUT2D eigenvalue weighted by Crippen LogP contribution is -2.23. The Bertz CT molecular complexity index is 419. The molecule has 1 heterocycles. The molecule has 0 aromatic heterocycles. The van der Waals surface area contributed by atoms with Crippen molar-refractivity contribution in [3.05, 3.63) is 29.8 Å². The van der Waals surface area contributed by atoms with Crippen LogP contribution in [-0.2, 0) is 8.98 Å². The number of primary amides is 1. The topological polar surface area (TPSA) is 55.6 Å². The summed E-state index contributed by atoms with van der Waals surface area (Å²) in [6.45, 7) is 2.15. The summed E-state index contributed by atoms with van der Waals surface area (Å²) in [5.74, 6) is -0.456. The number of carbonyl (C=O) groups is 1. The minimum atomic E-state index is -0.678. The molecule has 2 N–H and O–H groups in total. The monoisotopic (exact) mass is 266 g/mol. The summed E-state index contributed by atoms with van der Waals surface area (Å²) in [5.41, 5.74) is 7.33. The van der Waals surface area contributed by atoms with Gasteiger partial charge in [0.05, 0.1) is 0 Å². The highest BCUT2D eigenvalue weighted by atomic mass is 32.2. The highest BCUT2D eigenvalue weighted by Gasteiger charge is 2.20. The molecule has 1 aromatic rings. The number of carbonyl (C=O) groups excluding carboxylic acids is 1. The maximum Gasteiger partial charge on any atom is 0.252 e. The minimum absolute atomic E-state index is 0.456. The van der Waals surface area contributed by atoms with Crippen molar-refractivity contribution >= 4 is 23.6 Å². The molecule has 98 valence electrons. The number of hydrogen-bond acceptors (Lipinski definition) is 4. The molecule has 1 atom stereocenters. The molecule has 1 unspecified atom stereocenters. The molecule has 0 spiro atoms. The second-order valence-corrected chi connectivity index (χ2v) is 4.86. The smallest absolute Gasteiger partial charge is 0.252 e. The third kappa shape index (κ3) is 2.97. The highest BCUT2D eigenvalue weighted by molar-refractivity contribution is 7.93. The first-order valence-electron chi connectivity index (χ1n) is 6.06. The Hall–Kier alpha value is -1.20. The summed E-state index contributed by atoms with van der Waals surface area (Å²) in [4.78, 5) is 13.7. The van der Waals surface area contributed by atoms with Crippen LogP contribution in [-0.4, -0.2) is 25.3 Å². The number of rotatable bonds is 5. The minimum Gasteiger partial charge on any atom is -0.372 e. The van der Waals surface area contributed by atoms with Gasteiger partial charge in [-0.2, -0.15) is 0 Å². The van der Waals surface area contributed by atoms with Gasteiger partial charge >= 0.3 is 0 Å². The summed E-state index contributed by atoms with van der Waals surface area (Å²) in [7, 11) is 0. The van der Waals surface area contributed by atoms with Gasteiger partial charge in [0.25, 0.3) is 5.91 Å². The van der Waals surface area contributed by atoms with Crippen LogP contribution in [0.1, 0.15) is 24.5 Å². The number of amides is 1. The van der Waals surface area contributed by atoms with E-state index in [1.807, 2.05) is 18.2 Å². The maximum atomic E-state index is 11.4. The lowest BCUT2D eigenvalue weighted by atomic mass is 10.1. The van der Waals surface area contributed by atoms with Gasteiger partial charge in [-0.3, -0.25) is 8.98 Å². The molecule has 5 heteroatoms. The SMILES string of the molecule is CSOC(C(N)=O)c1cccc(N2CCCC2)c1. The van der Waals surface area contributed by atoms with Gasteiger partial charge in [-0.25, -0.2) is 0 Å². The standard InChI is InChI=1S/C13H18N2O2S/c1-18-17-12(13(14)16)10-5-4-6-11(9-10)15-7-2-3-8-15/h4-6,9,12H,2-3,7-8H2,1H3,(H2,14,16). The van der Waals surface area contributed by atoms with Gasteiger partial charge < -0.3 is 10.6 Å². The molecule has 0 aliphatic carbocycles. The van der Waals surface area contributed by atoms with Gasteiger partial charge in [0.2, 0.25) is 0 Å². The molecule has 0 bridgehead atoms. The predicted molar refractivity (Wildman–Crippen MR) is 74.4 cm³/mol. The maximum absolute atomic E-state index is 11.4. The van der Waals surface area contributed by atoms with Crippen LogP contribution >= 0.6 is 12.0 Å². The van der Waals surface area contributed by atoms with E-state index in [1.165, 1.54) is 12.8 Å². The van der Waals surface area contributed by atoms with Gasteiger partial charge in [0, 0.05) is 25.0 Å². The van der Waals surface area contributed by atoms with Gasteiger partial charge in [0.1, 0.15) is 0 Å². The van der Waals surface area contributed by atoms with Crippen LogP contribution in [0.5, 0.6) is 0 Å². The van der Waals surface area contributed by atoms with Crippen molar-refractivity contribution in [2.24, 2.45) is 5.73 Å². The Morgan fingerprint density at radius 1 is 1.44 bits per heavy atom. The third-order valence-electron chi connectivity index (χ3n) is 3.10. The lowest BCUT2D eigenvalue weighted by molar-refractivity contribution is -0.124. The summed E-state index contributed by atoms with van der Waals surface area (Å²) in [5, 5.41) is 0. The van der Waals surface area contributed by atoms with Gasteiger partial charge in [-0.1, -0.05) is 12.1 Å². The van der Waals surface area contributed by atoms with Crippen molar-refractivity contribution in [1.82, 2.24) is 0 Å². The fourth-order valence-corrected chi connectivity index (χ4v) is 2.62. The number of hydrogen-bond donors (Lipinski definition) is 1. The lowest BCUT2D eigenvalue weighted by Gasteiger charge is -2.20. The summed E-state index contributed by atoms with van der Waals surface area (Å²) < 4.78 is 5.33. The number of anilines is 1. The van der Waals surface area contributed by atoms with E-state index in [-0.39, 0.29) is 0 Å². The normalized spacial score (nSPS) is 16.8. The molecule has 0 saturated carbocycles. The Balaban J connectivity index is 2.21. The van der Waals surface area contributed by atoms with Crippen molar-refractivity contribution in [3.8, 4) is 0 Å². The quantitative estimate of drug-likeness (QED) is 0.829. The van der Waals surface area contributed by atoms with Crippen molar-refractivity contribution in [1.29, 1.82) is 0 Å². The van der Waals surface area contributed by atoms with Crippen molar-refractivity contribution in [2.75, 3.05) is 24.2 Å². The van der Waals surface area contributed by atoms with Gasteiger partial charge in [0.15, 0.2) is 6.10 Å². The van der Waals surface area contributed by atoms with Crippen LogP contribution in [0, 0.1) is 0 Å². The molecular weight excluding hydrogens is 248 g/mol. The van der Waals surface area contributed by atoms with Crippen LogP contribution in [0.2, 0.25) is 0 Å². The molecular formula is C13H18N2O2S. The predicted octanol–water partition coefficient (Wildman–Crippen LogP) is 2.11. The number of nitrogens with two attached hydrogens (primary N) is 1. The van der Waals surface area contributed by atoms with E-state index in [1.54, 1.807) is 6.26 Å². The van der Waals surface area contributed by atoms with E-state index in [2.05, 4.69) is 11.0 Å². The van der Waals surface area contributed by atoms with E-state index in [9.17, 15) is 4.79 Å². The number of nitrogens with zero attached hydrogens (tertiary/aromatic N) is 1. The Kier molecular flexibility index (Phi) is 4.49. The molecule has 0 radical (unpaired) electrons. The molecule has 4 nitrogen and oxygen atoms in total. The third-order valence-corrected chi connectivity index (χ3v) is 3.48. The van der Waals surface area contributed by atoms with E-state index >= 15 is 0 Å². The first kappa shape index (κ1) is 13.2. The Morgan fingerprint density at radius 3 is 2.78 bits per heavy atom. The van der Waals surface area contributed by atoms with E-state index in [0.29, 0.717) is 0 Å². The highest BCUT2D eigenvalue weighted by Crippen LogP contribution is 2.27. The molecule has 1 aliphatic heterocycles.